The standard InChI is InChI=1S/C32H50O4S/c1-5-29(25-37(34,35)32-20-18-26(2)19-21-32)15-11-17-31(33)16-10-9-12-27(3)22-28(4)23-36-24-30-13-7-6-8-14-30/h6-8,13-14,18-21,27-29,31,33H,5,9-12,15-17,22-25H2,1-4H3/t27-,28+,29-,31?/m1/s1. The Morgan fingerprint density at radius 3 is 2.16 bits per heavy atom. The van der Waals surface area contributed by atoms with Crippen LogP contribution in [0.5, 0.6) is 0 Å². The molecule has 0 saturated carbocycles. The molecule has 0 aliphatic rings. The van der Waals surface area contributed by atoms with Crippen molar-refractivity contribution in [1.82, 2.24) is 0 Å². The number of unbranched alkanes of at least 4 members (excludes halogenated alkanes) is 1. The van der Waals surface area contributed by atoms with Gasteiger partial charge in [-0.3, -0.25) is 0 Å². The first-order valence-electron chi connectivity index (χ1n) is 14.3. The molecule has 2 aromatic carbocycles. The van der Waals surface area contributed by atoms with Gasteiger partial charge in [0.2, 0.25) is 0 Å². The molecule has 2 aromatic rings. The molecule has 37 heavy (non-hydrogen) atoms. The molecule has 2 rings (SSSR count). The van der Waals surface area contributed by atoms with Gasteiger partial charge in [-0.05, 0) is 68.1 Å². The van der Waals surface area contributed by atoms with Crippen molar-refractivity contribution >= 4 is 9.84 Å². The Bertz CT molecular complexity index is 956. The molecule has 0 radical (unpaired) electrons. The van der Waals surface area contributed by atoms with Crippen molar-refractivity contribution in [3.8, 4) is 0 Å². The van der Waals surface area contributed by atoms with E-state index < -0.39 is 9.84 Å². The molecule has 0 aromatic heterocycles. The van der Waals surface area contributed by atoms with Crippen LogP contribution in [0.3, 0.4) is 0 Å². The number of aryl methyl sites for hydroxylation is 1. The molecule has 1 unspecified atom stereocenters. The molecule has 5 heteroatoms. The summed E-state index contributed by atoms with van der Waals surface area (Å²) < 4.78 is 31.4. The highest BCUT2D eigenvalue weighted by atomic mass is 32.2. The maximum absolute atomic E-state index is 12.8. The van der Waals surface area contributed by atoms with E-state index in [2.05, 4.69) is 32.9 Å². The van der Waals surface area contributed by atoms with E-state index in [1.807, 2.05) is 37.3 Å². The quantitative estimate of drug-likeness (QED) is 0.188. The van der Waals surface area contributed by atoms with Gasteiger partial charge in [-0.2, -0.15) is 0 Å². The van der Waals surface area contributed by atoms with Crippen molar-refractivity contribution in [2.45, 2.75) is 103 Å². The Kier molecular flexibility index (Phi) is 14.5. The van der Waals surface area contributed by atoms with Crippen LogP contribution in [-0.2, 0) is 21.2 Å². The Morgan fingerprint density at radius 1 is 0.838 bits per heavy atom. The number of sulfone groups is 1. The molecular formula is C32H50O4S. The minimum Gasteiger partial charge on any atom is -0.393 e. The third-order valence-corrected chi connectivity index (χ3v) is 9.27. The minimum atomic E-state index is -3.26. The van der Waals surface area contributed by atoms with Crippen LogP contribution in [0.25, 0.3) is 0 Å². The zero-order valence-corrected chi connectivity index (χ0v) is 24.4. The molecule has 0 saturated heterocycles. The fourth-order valence-electron chi connectivity index (χ4n) is 5.04. The van der Waals surface area contributed by atoms with Crippen molar-refractivity contribution in [3.63, 3.8) is 0 Å². The number of hydrogen-bond acceptors (Lipinski definition) is 4. The van der Waals surface area contributed by atoms with Gasteiger partial charge in [0, 0.05) is 6.61 Å². The maximum Gasteiger partial charge on any atom is 0.178 e. The summed E-state index contributed by atoms with van der Waals surface area (Å²) in [4.78, 5) is 0.417. The van der Waals surface area contributed by atoms with E-state index in [0.29, 0.717) is 23.3 Å². The van der Waals surface area contributed by atoms with Gasteiger partial charge in [0.15, 0.2) is 9.84 Å². The first-order valence-corrected chi connectivity index (χ1v) is 15.9. The van der Waals surface area contributed by atoms with Gasteiger partial charge >= 0.3 is 0 Å². The SMILES string of the molecule is CC[C@H](CCCC(O)CCCC[C@@H](C)C[C@H](C)COCc1ccccc1)CS(=O)(=O)c1ccc(C)cc1. The molecule has 1 N–H and O–H groups in total. The predicted molar refractivity (Wildman–Crippen MR) is 154 cm³/mol. The average molecular weight is 531 g/mol. The number of rotatable bonds is 19. The van der Waals surface area contributed by atoms with Crippen molar-refractivity contribution in [1.29, 1.82) is 0 Å². The second kappa shape index (κ2) is 17.0. The second-order valence-electron chi connectivity index (χ2n) is 11.2. The second-order valence-corrected chi connectivity index (χ2v) is 13.2. The first-order chi connectivity index (χ1) is 17.7. The molecule has 208 valence electrons. The Hall–Kier alpha value is -1.69. The third-order valence-electron chi connectivity index (χ3n) is 7.37. The number of hydrogen-bond donors (Lipinski definition) is 1. The monoisotopic (exact) mass is 530 g/mol. The van der Waals surface area contributed by atoms with Crippen LogP contribution in [0.2, 0.25) is 0 Å². The summed E-state index contributed by atoms with van der Waals surface area (Å²) in [5.41, 5.74) is 2.28. The maximum atomic E-state index is 12.8. The van der Waals surface area contributed by atoms with Crippen molar-refractivity contribution in [3.05, 3.63) is 65.7 Å². The molecule has 0 heterocycles. The number of aliphatic hydroxyl groups is 1. The van der Waals surface area contributed by atoms with Gasteiger partial charge in [-0.25, -0.2) is 8.42 Å². The van der Waals surface area contributed by atoms with Gasteiger partial charge < -0.3 is 9.84 Å². The van der Waals surface area contributed by atoms with Crippen LogP contribution in [0, 0.1) is 24.7 Å². The average Bonchev–Trinajstić information content (AvgIpc) is 2.87. The Labute approximate surface area is 226 Å². The summed E-state index contributed by atoms with van der Waals surface area (Å²) in [6, 6.07) is 17.4. The van der Waals surface area contributed by atoms with E-state index in [0.717, 1.165) is 57.1 Å². The zero-order chi connectivity index (χ0) is 27.1. The molecule has 0 amide bonds. The number of benzene rings is 2. The lowest BCUT2D eigenvalue weighted by molar-refractivity contribution is 0.0840. The number of ether oxygens (including phenoxy) is 1. The summed E-state index contributed by atoms with van der Waals surface area (Å²) in [5.74, 6) is 1.54. The highest BCUT2D eigenvalue weighted by Gasteiger charge is 2.20. The first kappa shape index (κ1) is 31.5. The highest BCUT2D eigenvalue weighted by Crippen LogP contribution is 2.23. The summed E-state index contributed by atoms with van der Waals surface area (Å²) >= 11 is 0. The van der Waals surface area contributed by atoms with Crippen LogP contribution in [0.15, 0.2) is 59.5 Å². The van der Waals surface area contributed by atoms with Gasteiger partial charge in [0.1, 0.15) is 0 Å². The fraction of sp³-hybridized carbons (Fsp3) is 0.625. The lowest BCUT2D eigenvalue weighted by Gasteiger charge is -2.18. The molecule has 0 bridgehead atoms. The molecule has 0 spiro atoms. The lowest BCUT2D eigenvalue weighted by Crippen LogP contribution is -2.17. The molecule has 0 fully saturated rings. The van der Waals surface area contributed by atoms with Crippen LogP contribution in [-0.4, -0.2) is 32.0 Å². The molecular weight excluding hydrogens is 480 g/mol. The van der Waals surface area contributed by atoms with Crippen molar-refractivity contribution in [2.75, 3.05) is 12.4 Å². The van der Waals surface area contributed by atoms with E-state index in [1.165, 1.54) is 18.4 Å². The Balaban J connectivity index is 1.55. The summed E-state index contributed by atoms with van der Waals surface area (Å²) in [6.45, 7) is 10.1. The van der Waals surface area contributed by atoms with E-state index in [1.54, 1.807) is 12.1 Å². The van der Waals surface area contributed by atoms with Crippen LogP contribution < -0.4 is 0 Å². The molecule has 0 aliphatic heterocycles. The van der Waals surface area contributed by atoms with Crippen LogP contribution in [0.1, 0.15) is 89.7 Å². The third kappa shape index (κ3) is 13.1. The van der Waals surface area contributed by atoms with Crippen LogP contribution >= 0.6 is 0 Å². The van der Waals surface area contributed by atoms with Gasteiger partial charge in [0.05, 0.1) is 23.4 Å². The Morgan fingerprint density at radius 2 is 1.49 bits per heavy atom. The fourth-order valence-corrected chi connectivity index (χ4v) is 6.81. The summed E-state index contributed by atoms with van der Waals surface area (Å²) in [6.07, 6.45) is 8.41. The minimum absolute atomic E-state index is 0.137. The van der Waals surface area contributed by atoms with E-state index in [9.17, 15) is 13.5 Å². The normalized spacial score (nSPS) is 15.3. The largest absolute Gasteiger partial charge is 0.393 e. The van der Waals surface area contributed by atoms with Gasteiger partial charge in [0.25, 0.3) is 0 Å². The molecule has 4 nitrogen and oxygen atoms in total. The summed E-state index contributed by atoms with van der Waals surface area (Å²) in [7, 11) is -3.26. The zero-order valence-electron chi connectivity index (χ0n) is 23.6. The van der Waals surface area contributed by atoms with E-state index >= 15 is 0 Å². The molecule has 4 atom stereocenters. The van der Waals surface area contributed by atoms with E-state index in [4.69, 9.17) is 4.74 Å². The smallest absolute Gasteiger partial charge is 0.178 e. The lowest BCUT2D eigenvalue weighted by atomic mass is 9.92. The van der Waals surface area contributed by atoms with Crippen molar-refractivity contribution < 1.29 is 18.3 Å². The topological polar surface area (TPSA) is 63.6 Å². The molecule has 0 aliphatic carbocycles. The summed E-state index contributed by atoms with van der Waals surface area (Å²) in [5, 5.41) is 10.4. The van der Waals surface area contributed by atoms with E-state index in [-0.39, 0.29) is 17.8 Å². The highest BCUT2D eigenvalue weighted by molar-refractivity contribution is 7.91. The number of aliphatic hydroxyl groups excluding tert-OH is 1. The van der Waals surface area contributed by atoms with Gasteiger partial charge in [-0.15, -0.1) is 0 Å². The van der Waals surface area contributed by atoms with Gasteiger partial charge in [-0.1, -0.05) is 101 Å². The van der Waals surface area contributed by atoms with Crippen molar-refractivity contribution in [2.24, 2.45) is 17.8 Å². The predicted octanol–water partition coefficient (Wildman–Crippen LogP) is 7.77. The van der Waals surface area contributed by atoms with Crippen LogP contribution in [0.4, 0.5) is 0 Å².